The number of aliphatic hydroxyl groups is 3. The second kappa shape index (κ2) is 14.5. The summed E-state index contributed by atoms with van der Waals surface area (Å²) in [5.41, 5.74) is 0.631. The highest BCUT2D eigenvalue weighted by molar-refractivity contribution is 5.90. The number of rotatable bonds is 19. The Balaban J connectivity index is 0.540. The second-order valence-electron chi connectivity index (χ2n) is 22.7. The van der Waals surface area contributed by atoms with E-state index in [4.69, 9.17) is 18.9 Å². The van der Waals surface area contributed by atoms with Gasteiger partial charge in [-0.1, -0.05) is 63.5 Å². The van der Waals surface area contributed by atoms with Crippen LogP contribution < -0.4 is 18.9 Å². The molecule has 12 atom stereocenters. The SMILES string of the molecule is CC1N(CC2CC2)C2C[C@]34c5c2ccc(OC(=O)CCCCCCCCCCCCC(=O)Oc2ccc6c7c2O[C@H]2C(O)CC[C@@]8(O)C9N(CC%10CC%10)C69C[C@]728)c5O[C@H]3C(=O)CC[C@@]14O. The van der Waals surface area contributed by atoms with Gasteiger partial charge in [0.25, 0.3) is 0 Å². The molecule has 12 heteroatoms. The number of ether oxygens (including phenoxy) is 4. The van der Waals surface area contributed by atoms with Crippen molar-refractivity contribution < 1.29 is 48.7 Å². The summed E-state index contributed by atoms with van der Waals surface area (Å²) < 4.78 is 24.9. The van der Waals surface area contributed by atoms with Gasteiger partial charge in [0, 0.05) is 55.6 Å². The van der Waals surface area contributed by atoms with E-state index in [9.17, 15) is 29.7 Å². The average molecular weight is 891 g/mol. The van der Waals surface area contributed by atoms with E-state index in [-0.39, 0.29) is 41.4 Å². The standard InChI is InChI=1S/C53H66N2O10/c1-30-52(60)24-22-36(56)46-49(52)26-35(54(30)27-31-14-15-31)33-18-20-38(44(64-46)42(33)49)62-40(58)12-10-8-6-4-2-3-5-7-9-11-13-41(59)63-39-21-19-34-43-45(39)65-47-37(57)23-25-53(61)48-51(34,29-50(43,47)53)55(48)28-32-16-17-32/h18-21,30-32,35,37,46-48,57,60-61H,2-17,22-29H2,1H3/t30?,35?,37?,46-,47-,48?,49-,50-,51?,52+,53+,55?/m0/s1. The van der Waals surface area contributed by atoms with Crippen molar-refractivity contribution >= 4 is 17.7 Å². The van der Waals surface area contributed by atoms with Gasteiger partial charge in [0.1, 0.15) is 6.10 Å². The van der Waals surface area contributed by atoms with E-state index in [0.29, 0.717) is 73.9 Å². The van der Waals surface area contributed by atoms with Gasteiger partial charge in [-0.15, -0.1) is 0 Å². The molecule has 7 fully saturated rings. The second-order valence-corrected chi connectivity index (χ2v) is 22.7. The Morgan fingerprint density at radius 1 is 0.738 bits per heavy atom. The fraction of sp³-hybridized carbons (Fsp3) is 0.717. The first-order valence-electron chi connectivity index (χ1n) is 25.7. The minimum absolute atomic E-state index is 0.0364. The molecule has 13 rings (SSSR count). The molecular weight excluding hydrogens is 825 g/mol. The van der Waals surface area contributed by atoms with Crippen LogP contribution in [-0.2, 0) is 30.8 Å². The monoisotopic (exact) mass is 890 g/mol. The normalized spacial score (nSPS) is 40.0. The lowest BCUT2D eigenvalue weighted by atomic mass is 9.55. The third-order valence-corrected chi connectivity index (χ3v) is 19.3. The largest absolute Gasteiger partial charge is 0.482 e. The van der Waals surface area contributed by atoms with Crippen molar-refractivity contribution in [1.29, 1.82) is 0 Å². The summed E-state index contributed by atoms with van der Waals surface area (Å²) in [6, 6.07) is 8.02. The van der Waals surface area contributed by atoms with Crippen LogP contribution in [0.4, 0.5) is 0 Å². The lowest BCUT2D eigenvalue weighted by molar-refractivity contribution is -0.186. The number of unbranched alkanes of at least 4 members (excludes halogenated alkanes) is 9. The number of likely N-dealkylation sites (tertiary alicyclic amines) is 2. The number of hydrogen-bond acceptors (Lipinski definition) is 12. The van der Waals surface area contributed by atoms with Crippen molar-refractivity contribution in [2.45, 2.75) is 212 Å². The number of fused-ring (bicyclic) bond motifs is 3. The number of Topliss-reactive ketones (excluding diaryl/α,β-unsaturated/α-hetero) is 1. The molecule has 2 aromatic rings. The molecule has 12 nitrogen and oxygen atoms in total. The molecule has 0 amide bonds. The number of piperidine rings is 2. The molecule has 4 aliphatic heterocycles. The fourth-order valence-corrected chi connectivity index (χ4v) is 15.9. The highest BCUT2D eigenvalue weighted by atomic mass is 16.6. The van der Waals surface area contributed by atoms with Gasteiger partial charge in [-0.25, -0.2) is 0 Å². The van der Waals surface area contributed by atoms with E-state index in [0.717, 1.165) is 106 Å². The third kappa shape index (κ3) is 5.58. The number of aliphatic hydroxyl groups excluding tert-OH is 1. The molecule has 2 aromatic carbocycles. The van der Waals surface area contributed by atoms with Gasteiger partial charge < -0.3 is 34.3 Å². The Morgan fingerprint density at radius 3 is 2.02 bits per heavy atom. The van der Waals surface area contributed by atoms with Crippen molar-refractivity contribution in [3.8, 4) is 23.0 Å². The Kier molecular flexibility index (Phi) is 9.28. The molecule has 348 valence electrons. The molecule has 65 heavy (non-hydrogen) atoms. The van der Waals surface area contributed by atoms with E-state index < -0.39 is 40.3 Å². The zero-order valence-corrected chi connectivity index (χ0v) is 38.0. The zero-order chi connectivity index (χ0) is 44.3. The van der Waals surface area contributed by atoms with E-state index in [2.05, 4.69) is 28.9 Å². The van der Waals surface area contributed by atoms with E-state index in [1.54, 1.807) is 0 Å². The van der Waals surface area contributed by atoms with Gasteiger partial charge in [0.2, 0.25) is 0 Å². The van der Waals surface area contributed by atoms with Crippen LogP contribution in [0.15, 0.2) is 24.3 Å². The van der Waals surface area contributed by atoms with E-state index in [1.807, 2.05) is 12.1 Å². The minimum Gasteiger partial charge on any atom is -0.482 e. The third-order valence-electron chi connectivity index (χ3n) is 19.3. The molecule has 3 N–H and O–H groups in total. The van der Waals surface area contributed by atoms with Gasteiger partial charge >= 0.3 is 11.9 Å². The summed E-state index contributed by atoms with van der Waals surface area (Å²) in [5.74, 6) is 2.74. The predicted molar refractivity (Wildman–Crippen MR) is 237 cm³/mol. The smallest absolute Gasteiger partial charge is 0.311 e. The molecule has 2 saturated heterocycles. The topological polar surface area (TPSA) is 155 Å². The molecule has 4 heterocycles. The first-order chi connectivity index (χ1) is 31.5. The van der Waals surface area contributed by atoms with Crippen LogP contribution in [0.2, 0.25) is 0 Å². The van der Waals surface area contributed by atoms with E-state index in [1.165, 1.54) is 31.2 Å². The Morgan fingerprint density at radius 2 is 1.35 bits per heavy atom. The summed E-state index contributed by atoms with van der Waals surface area (Å²) in [6.45, 7) is 4.12. The first-order valence-corrected chi connectivity index (χ1v) is 25.7. The Bertz CT molecular complexity index is 2360. The van der Waals surface area contributed by atoms with Crippen LogP contribution in [0.25, 0.3) is 0 Å². The Labute approximate surface area is 381 Å². The number of esters is 2. The minimum atomic E-state index is -1.08. The van der Waals surface area contributed by atoms with Crippen molar-refractivity contribution in [2.24, 2.45) is 11.8 Å². The summed E-state index contributed by atoms with van der Waals surface area (Å²) in [6.07, 6.45) is 17.1. The maximum atomic E-state index is 13.4. The molecule has 3 spiro atoms. The van der Waals surface area contributed by atoms with Gasteiger partial charge in [-0.2, -0.15) is 0 Å². The molecular formula is C53H66N2O10. The molecule has 4 bridgehead atoms. The lowest BCUT2D eigenvalue weighted by Gasteiger charge is -2.58. The van der Waals surface area contributed by atoms with Crippen LogP contribution in [0.3, 0.4) is 0 Å². The van der Waals surface area contributed by atoms with Crippen LogP contribution in [0, 0.1) is 11.8 Å². The molecule has 5 saturated carbocycles. The predicted octanol–water partition coefficient (Wildman–Crippen LogP) is 7.12. The number of carbonyl (C=O) groups excluding carboxylic acids is 3. The zero-order valence-electron chi connectivity index (χ0n) is 38.0. The highest BCUT2D eigenvalue weighted by Gasteiger charge is 2.91. The van der Waals surface area contributed by atoms with Crippen molar-refractivity contribution in [3.63, 3.8) is 0 Å². The molecule has 11 aliphatic rings. The molecule has 0 radical (unpaired) electrons. The number of carbonyl (C=O) groups is 3. The average Bonchev–Trinajstić information content (AvgIpc) is 4.24. The Hall–Kier alpha value is -3.55. The molecule has 0 aromatic heterocycles. The van der Waals surface area contributed by atoms with Crippen molar-refractivity contribution in [2.75, 3.05) is 13.1 Å². The van der Waals surface area contributed by atoms with Gasteiger partial charge in [0.15, 0.2) is 34.9 Å². The summed E-state index contributed by atoms with van der Waals surface area (Å²) in [5, 5.41) is 36.1. The highest BCUT2D eigenvalue weighted by Crippen LogP contribution is 2.83. The summed E-state index contributed by atoms with van der Waals surface area (Å²) >= 11 is 0. The first kappa shape index (κ1) is 41.6. The van der Waals surface area contributed by atoms with Gasteiger partial charge in [-0.3, -0.25) is 24.2 Å². The van der Waals surface area contributed by atoms with Gasteiger partial charge in [-0.05, 0) is 113 Å². The lowest BCUT2D eigenvalue weighted by Crippen LogP contribution is -2.72. The van der Waals surface area contributed by atoms with Crippen LogP contribution in [0.1, 0.15) is 176 Å². The summed E-state index contributed by atoms with van der Waals surface area (Å²) in [7, 11) is 0. The number of ketones is 1. The van der Waals surface area contributed by atoms with Crippen molar-refractivity contribution in [3.05, 3.63) is 46.5 Å². The van der Waals surface area contributed by atoms with Crippen LogP contribution in [-0.4, -0.2) is 97.5 Å². The molecule has 7 aliphatic carbocycles. The van der Waals surface area contributed by atoms with E-state index >= 15 is 0 Å². The number of nitrogens with zero attached hydrogens (tertiary/aromatic N) is 2. The maximum Gasteiger partial charge on any atom is 0.311 e. The van der Waals surface area contributed by atoms with Crippen LogP contribution >= 0.6 is 0 Å². The number of hydrogen-bond donors (Lipinski definition) is 3. The summed E-state index contributed by atoms with van der Waals surface area (Å²) in [4.78, 5) is 44.7. The number of benzene rings is 2. The van der Waals surface area contributed by atoms with Gasteiger partial charge in [0.05, 0.1) is 39.7 Å². The van der Waals surface area contributed by atoms with Crippen LogP contribution in [0.5, 0.6) is 23.0 Å². The fourth-order valence-electron chi connectivity index (χ4n) is 15.9. The quantitative estimate of drug-likeness (QED) is 0.0570. The maximum absolute atomic E-state index is 13.4. The molecule has 6 unspecified atom stereocenters. The van der Waals surface area contributed by atoms with Crippen molar-refractivity contribution in [1.82, 2.24) is 9.80 Å².